The number of carbonyl (C=O) groups is 1. The SMILES string of the molecule is O=C(O)N1CCCCC1CCNc1ncc(Cl)c(CCNCc2[nH]nc3ccc(Cl)cc23)c1F. The summed E-state index contributed by atoms with van der Waals surface area (Å²) in [6.45, 7) is 1.99. The van der Waals surface area contributed by atoms with Crippen LogP contribution in [-0.2, 0) is 13.0 Å². The maximum Gasteiger partial charge on any atom is 0.407 e. The summed E-state index contributed by atoms with van der Waals surface area (Å²) in [5.74, 6) is -0.349. The van der Waals surface area contributed by atoms with Crippen LogP contribution >= 0.6 is 23.2 Å². The molecule has 34 heavy (non-hydrogen) atoms. The molecule has 0 bridgehead atoms. The van der Waals surface area contributed by atoms with Gasteiger partial charge in [-0.1, -0.05) is 23.2 Å². The van der Waals surface area contributed by atoms with E-state index < -0.39 is 11.9 Å². The summed E-state index contributed by atoms with van der Waals surface area (Å²) in [5, 5.41) is 24.8. The Morgan fingerprint density at radius 3 is 2.97 bits per heavy atom. The summed E-state index contributed by atoms with van der Waals surface area (Å²) in [6.07, 6.45) is 4.21. The molecule has 1 aliphatic heterocycles. The van der Waals surface area contributed by atoms with Crippen LogP contribution in [0, 0.1) is 5.82 Å². The van der Waals surface area contributed by atoms with Gasteiger partial charge in [-0.15, -0.1) is 0 Å². The highest BCUT2D eigenvalue weighted by molar-refractivity contribution is 6.31. The Morgan fingerprint density at radius 2 is 2.15 bits per heavy atom. The fraction of sp³-hybridized carbons (Fsp3) is 0.435. The molecule has 0 aliphatic carbocycles. The highest BCUT2D eigenvalue weighted by atomic mass is 35.5. The molecule has 8 nitrogen and oxygen atoms in total. The molecule has 3 aromatic rings. The molecule has 182 valence electrons. The Morgan fingerprint density at radius 1 is 1.29 bits per heavy atom. The van der Waals surface area contributed by atoms with Crippen molar-refractivity contribution in [3.05, 3.63) is 51.5 Å². The predicted molar refractivity (Wildman–Crippen MR) is 131 cm³/mol. The van der Waals surface area contributed by atoms with Crippen molar-refractivity contribution in [3.8, 4) is 0 Å². The van der Waals surface area contributed by atoms with Crippen molar-refractivity contribution in [2.24, 2.45) is 0 Å². The van der Waals surface area contributed by atoms with Gasteiger partial charge in [0.05, 0.1) is 16.2 Å². The van der Waals surface area contributed by atoms with Gasteiger partial charge in [-0.2, -0.15) is 5.10 Å². The normalized spacial score (nSPS) is 16.2. The van der Waals surface area contributed by atoms with E-state index in [1.165, 1.54) is 11.1 Å². The fourth-order valence-electron chi connectivity index (χ4n) is 4.36. The Balaban J connectivity index is 1.31. The molecule has 11 heteroatoms. The highest BCUT2D eigenvalue weighted by Crippen LogP contribution is 2.25. The first-order chi connectivity index (χ1) is 16.4. The topological polar surface area (TPSA) is 106 Å². The van der Waals surface area contributed by atoms with E-state index in [4.69, 9.17) is 23.2 Å². The van der Waals surface area contributed by atoms with Crippen molar-refractivity contribution in [2.45, 2.75) is 44.7 Å². The lowest BCUT2D eigenvalue weighted by Gasteiger charge is -2.33. The Labute approximate surface area is 206 Å². The summed E-state index contributed by atoms with van der Waals surface area (Å²) in [6, 6.07) is 5.44. The van der Waals surface area contributed by atoms with Crippen molar-refractivity contribution in [2.75, 3.05) is 25.0 Å². The number of carboxylic acid groups (broad SMARTS) is 1. The van der Waals surface area contributed by atoms with E-state index >= 15 is 4.39 Å². The lowest BCUT2D eigenvalue weighted by molar-refractivity contribution is 0.105. The Hall–Kier alpha value is -2.62. The molecular weight excluding hydrogens is 482 g/mol. The van der Waals surface area contributed by atoms with Gasteiger partial charge in [-0.25, -0.2) is 14.2 Å². The molecule has 1 aromatic carbocycles. The number of pyridine rings is 1. The summed E-state index contributed by atoms with van der Waals surface area (Å²) in [4.78, 5) is 17.0. The standard InChI is InChI=1S/C23H27Cl2FN6O2/c24-14-4-5-19-17(11-14)20(31-30-19)13-27-8-7-16-18(25)12-29-22(21(16)26)28-9-6-15-3-1-2-10-32(15)23(33)34/h4-5,11-12,15,27H,1-3,6-10,13H2,(H,28,29)(H,30,31)(H,33,34). The van der Waals surface area contributed by atoms with Gasteiger partial charge in [0.2, 0.25) is 0 Å². The van der Waals surface area contributed by atoms with Gasteiger partial charge >= 0.3 is 6.09 Å². The predicted octanol–water partition coefficient (Wildman–Crippen LogP) is 5.07. The van der Waals surface area contributed by atoms with Gasteiger partial charge in [-0.05, 0) is 56.8 Å². The van der Waals surface area contributed by atoms with Gasteiger partial charge in [-0.3, -0.25) is 5.10 Å². The average Bonchev–Trinajstić information content (AvgIpc) is 3.22. The van der Waals surface area contributed by atoms with Crippen LogP contribution in [-0.4, -0.2) is 57.0 Å². The monoisotopic (exact) mass is 508 g/mol. The quantitative estimate of drug-likeness (QED) is 0.300. The number of benzene rings is 1. The number of fused-ring (bicyclic) bond motifs is 1. The molecular formula is C23H27Cl2FN6O2. The molecule has 1 fully saturated rings. The number of piperidine rings is 1. The third-order valence-electron chi connectivity index (χ3n) is 6.16. The van der Waals surface area contributed by atoms with Crippen molar-refractivity contribution < 1.29 is 14.3 Å². The lowest BCUT2D eigenvalue weighted by Crippen LogP contribution is -2.43. The van der Waals surface area contributed by atoms with Crippen LogP contribution in [0.1, 0.15) is 36.9 Å². The largest absolute Gasteiger partial charge is 0.465 e. The molecule has 1 saturated heterocycles. The van der Waals surface area contributed by atoms with E-state index in [-0.39, 0.29) is 16.9 Å². The molecule has 0 radical (unpaired) electrons. The van der Waals surface area contributed by atoms with Gasteiger partial charge < -0.3 is 20.6 Å². The minimum atomic E-state index is -0.901. The van der Waals surface area contributed by atoms with Crippen LogP contribution in [0.2, 0.25) is 10.0 Å². The maximum absolute atomic E-state index is 15.1. The first-order valence-corrected chi connectivity index (χ1v) is 12.1. The molecule has 4 rings (SSSR count). The van der Waals surface area contributed by atoms with Crippen molar-refractivity contribution in [3.63, 3.8) is 0 Å². The molecule has 3 heterocycles. The molecule has 2 aromatic heterocycles. The molecule has 1 aliphatic rings. The van der Waals surface area contributed by atoms with Crippen LogP contribution in [0.25, 0.3) is 10.9 Å². The third-order valence-corrected chi connectivity index (χ3v) is 6.72. The number of likely N-dealkylation sites (tertiary alicyclic amines) is 1. The lowest BCUT2D eigenvalue weighted by atomic mass is 10.00. The zero-order valence-corrected chi connectivity index (χ0v) is 20.1. The second kappa shape index (κ2) is 11.2. The number of nitrogens with zero attached hydrogens (tertiary/aromatic N) is 3. The van der Waals surface area contributed by atoms with Gasteiger partial charge in [0, 0.05) is 47.8 Å². The number of hydrogen-bond acceptors (Lipinski definition) is 5. The first kappa shape index (κ1) is 24.5. The summed E-state index contributed by atoms with van der Waals surface area (Å²) in [7, 11) is 0. The van der Waals surface area contributed by atoms with Gasteiger partial charge in [0.25, 0.3) is 0 Å². The number of hydrogen-bond donors (Lipinski definition) is 4. The number of aromatic nitrogens is 3. The van der Waals surface area contributed by atoms with Gasteiger partial charge in [0.1, 0.15) is 0 Å². The van der Waals surface area contributed by atoms with Crippen molar-refractivity contribution in [1.82, 2.24) is 25.4 Å². The fourth-order valence-corrected chi connectivity index (χ4v) is 4.76. The number of nitrogens with one attached hydrogen (secondary N) is 3. The summed E-state index contributed by atoms with van der Waals surface area (Å²) in [5.41, 5.74) is 2.12. The second-order valence-electron chi connectivity index (χ2n) is 8.38. The number of anilines is 1. The first-order valence-electron chi connectivity index (χ1n) is 11.3. The van der Waals surface area contributed by atoms with E-state index in [0.717, 1.165) is 35.9 Å². The highest BCUT2D eigenvalue weighted by Gasteiger charge is 2.26. The smallest absolute Gasteiger partial charge is 0.407 e. The van der Waals surface area contributed by atoms with E-state index in [9.17, 15) is 9.90 Å². The van der Waals surface area contributed by atoms with E-state index in [0.29, 0.717) is 49.6 Å². The number of rotatable bonds is 9. The van der Waals surface area contributed by atoms with Crippen LogP contribution in [0.3, 0.4) is 0 Å². The average molecular weight is 509 g/mol. The van der Waals surface area contributed by atoms with Crippen LogP contribution < -0.4 is 10.6 Å². The minimum Gasteiger partial charge on any atom is -0.465 e. The maximum atomic E-state index is 15.1. The second-order valence-corrected chi connectivity index (χ2v) is 9.22. The van der Waals surface area contributed by atoms with Gasteiger partial charge in [0.15, 0.2) is 11.6 Å². The molecule has 1 amide bonds. The van der Waals surface area contributed by atoms with Crippen LogP contribution in [0.5, 0.6) is 0 Å². The molecule has 1 unspecified atom stereocenters. The minimum absolute atomic E-state index is 0.0637. The van der Waals surface area contributed by atoms with E-state index in [1.54, 1.807) is 6.07 Å². The van der Waals surface area contributed by atoms with E-state index in [1.807, 2.05) is 12.1 Å². The summed E-state index contributed by atoms with van der Waals surface area (Å²) < 4.78 is 15.1. The Bertz CT molecular complexity index is 1160. The zero-order chi connectivity index (χ0) is 24.1. The summed E-state index contributed by atoms with van der Waals surface area (Å²) >= 11 is 12.3. The number of aromatic amines is 1. The number of H-pyrrole nitrogens is 1. The number of amides is 1. The molecule has 4 N–H and O–H groups in total. The Kier molecular flexibility index (Phi) is 8.07. The van der Waals surface area contributed by atoms with Crippen LogP contribution in [0.4, 0.5) is 15.0 Å². The number of halogens is 3. The van der Waals surface area contributed by atoms with Crippen LogP contribution in [0.15, 0.2) is 24.4 Å². The molecule has 0 spiro atoms. The molecule has 1 atom stereocenters. The molecule has 0 saturated carbocycles. The third kappa shape index (κ3) is 5.71. The van der Waals surface area contributed by atoms with Crippen molar-refractivity contribution >= 4 is 46.0 Å². The van der Waals surface area contributed by atoms with E-state index in [2.05, 4.69) is 25.8 Å². The zero-order valence-electron chi connectivity index (χ0n) is 18.6. The van der Waals surface area contributed by atoms with Crippen molar-refractivity contribution in [1.29, 1.82) is 0 Å².